The third kappa shape index (κ3) is 30.0. The number of hydrogen-bond acceptors (Lipinski definition) is 13. The molecule has 20 nitrogen and oxygen atoms in total. The molecule has 0 atom stereocenters. The molecule has 0 bridgehead atoms. The molecule has 11 N–H and O–H groups in total. The number of nitrogens with one attached hydrogen (secondary N) is 5. The fourth-order valence-electron chi connectivity index (χ4n) is 3.74. The summed E-state index contributed by atoms with van der Waals surface area (Å²) in [4.78, 5) is 67.5. The van der Waals surface area contributed by atoms with Crippen LogP contribution in [0.5, 0.6) is 0 Å². The summed E-state index contributed by atoms with van der Waals surface area (Å²) in [6.07, 6.45) is -10.7. The Kier molecular flexibility index (Phi) is 29.0. The average Bonchev–Trinajstić information content (AvgIpc) is 3.20. The number of rotatable bonds is 24. The molecule has 0 aromatic heterocycles. The van der Waals surface area contributed by atoms with E-state index in [2.05, 4.69) is 26.6 Å². The van der Waals surface area contributed by atoms with Gasteiger partial charge in [-0.2, -0.15) is 26.3 Å². The second kappa shape index (κ2) is 32.0. The van der Waals surface area contributed by atoms with Crippen LogP contribution in [0.15, 0.2) is 48.5 Å². The number of aliphatic carboxylic acids is 2. The first kappa shape index (κ1) is 55.2. The third-order valence-corrected chi connectivity index (χ3v) is 6.42. The van der Waals surface area contributed by atoms with Gasteiger partial charge in [0.1, 0.15) is 6.61 Å². The summed E-state index contributed by atoms with van der Waals surface area (Å²) < 4.78 is 90.0. The van der Waals surface area contributed by atoms with Gasteiger partial charge in [0.2, 0.25) is 0 Å². The summed E-state index contributed by atoms with van der Waals surface area (Å²) in [5.74, 6) is -6.40. The van der Waals surface area contributed by atoms with Crippen molar-refractivity contribution < 1.29 is 89.0 Å². The van der Waals surface area contributed by atoms with E-state index >= 15 is 0 Å². The highest BCUT2D eigenvalue weighted by molar-refractivity contribution is 6.02. The number of urea groups is 1. The van der Waals surface area contributed by atoms with Crippen LogP contribution in [0.4, 0.5) is 41.6 Å². The number of carbonyl (C=O) groups excluding carboxylic acids is 4. The Hall–Kier alpha value is -5.80. The van der Waals surface area contributed by atoms with Crippen LogP contribution in [0.3, 0.4) is 0 Å². The molecule has 0 radical (unpaired) electrons. The summed E-state index contributed by atoms with van der Waals surface area (Å²) in [5.41, 5.74) is 12.3. The lowest BCUT2D eigenvalue weighted by molar-refractivity contribution is -0.193. The van der Waals surface area contributed by atoms with Crippen molar-refractivity contribution in [1.29, 1.82) is 0 Å². The minimum absolute atomic E-state index is 0.175. The van der Waals surface area contributed by atoms with Crippen LogP contribution in [0, 0.1) is 0 Å². The molecule has 0 spiro atoms. The quantitative estimate of drug-likeness (QED) is 0.0532. The van der Waals surface area contributed by atoms with E-state index in [-0.39, 0.29) is 82.6 Å². The summed E-state index contributed by atoms with van der Waals surface area (Å²) in [6.45, 7) is 4.26. The topological polar surface area (TPSA) is 301 Å². The Bertz CT molecular complexity index is 1540. The number of carboxylic acids is 2. The van der Waals surface area contributed by atoms with E-state index in [1.54, 1.807) is 0 Å². The Morgan fingerprint density at radius 3 is 1.36 bits per heavy atom. The number of amides is 5. The predicted molar refractivity (Wildman–Crippen MR) is 202 cm³/mol. The molecule has 0 unspecified atom stereocenters. The number of benzene rings is 2. The number of halogens is 6. The second-order valence-electron chi connectivity index (χ2n) is 11.3. The molecular formula is C35H49F6N7O13. The number of hydrogen-bond donors (Lipinski definition) is 9. The maximum Gasteiger partial charge on any atom is 0.490 e. The highest BCUT2D eigenvalue weighted by Crippen LogP contribution is 2.16. The number of nitrogens with two attached hydrogens (primary N) is 2. The van der Waals surface area contributed by atoms with Crippen LogP contribution in [0.1, 0.15) is 26.3 Å². The number of alkyl halides is 6. The van der Waals surface area contributed by atoms with Gasteiger partial charge in [-0.05, 0) is 23.8 Å². The Morgan fingerprint density at radius 1 is 0.557 bits per heavy atom. The lowest BCUT2D eigenvalue weighted by Crippen LogP contribution is -2.33. The first-order valence-electron chi connectivity index (χ1n) is 17.8. The number of alkyl carbamates (subject to hydrolysis) is 1. The van der Waals surface area contributed by atoms with Gasteiger partial charge in [-0.1, -0.05) is 30.3 Å². The van der Waals surface area contributed by atoms with Crippen molar-refractivity contribution in [3.05, 3.63) is 65.2 Å². The summed E-state index contributed by atoms with van der Waals surface area (Å²) >= 11 is 0. The second-order valence-corrected chi connectivity index (χ2v) is 11.3. The van der Waals surface area contributed by atoms with E-state index in [0.717, 1.165) is 5.56 Å². The van der Waals surface area contributed by atoms with Crippen LogP contribution >= 0.6 is 0 Å². The van der Waals surface area contributed by atoms with E-state index in [9.17, 15) is 45.5 Å². The molecule has 61 heavy (non-hydrogen) atoms. The lowest BCUT2D eigenvalue weighted by Gasteiger charge is -2.13. The molecule has 26 heteroatoms. The van der Waals surface area contributed by atoms with Crippen LogP contribution in [-0.4, -0.2) is 151 Å². The van der Waals surface area contributed by atoms with Crippen LogP contribution in [0.2, 0.25) is 0 Å². The molecule has 0 aliphatic rings. The number of anilines is 1. The van der Waals surface area contributed by atoms with Gasteiger partial charge >= 0.3 is 36.4 Å². The zero-order valence-electron chi connectivity index (χ0n) is 32.5. The van der Waals surface area contributed by atoms with Gasteiger partial charge < -0.3 is 71.9 Å². The Balaban J connectivity index is 0.00000219. The zero-order valence-corrected chi connectivity index (χ0v) is 32.5. The van der Waals surface area contributed by atoms with Crippen molar-refractivity contribution in [3.63, 3.8) is 0 Å². The molecule has 0 heterocycles. The highest BCUT2D eigenvalue weighted by Gasteiger charge is 2.38. The predicted octanol–water partition coefficient (Wildman–Crippen LogP) is 1.44. The SMILES string of the molecule is NCCOCCNC(=O)c1cc(NC(=O)NCCOCCOCCNC(=O)OCc2ccccc2)cc(C(=O)NCCOCCN)c1.O=C(O)C(F)(F)F.O=C(O)C(F)(F)F. The maximum absolute atomic E-state index is 12.7. The molecule has 2 aromatic rings. The van der Waals surface area contributed by atoms with Crippen molar-refractivity contribution in [2.45, 2.75) is 19.0 Å². The van der Waals surface area contributed by atoms with Crippen LogP contribution in [0.25, 0.3) is 0 Å². The number of carbonyl (C=O) groups is 6. The van der Waals surface area contributed by atoms with Crippen molar-refractivity contribution in [2.24, 2.45) is 11.5 Å². The van der Waals surface area contributed by atoms with Crippen LogP contribution in [-0.2, 0) is 39.9 Å². The van der Waals surface area contributed by atoms with Gasteiger partial charge in [0.15, 0.2) is 0 Å². The lowest BCUT2D eigenvalue weighted by atomic mass is 10.1. The average molecular weight is 890 g/mol. The minimum Gasteiger partial charge on any atom is -0.475 e. The van der Waals surface area contributed by atoms with Crippen molar-refractivity contribution in [2.75, 3.05) is 97.4 Å². The molecule has 0 aliphatic heterocycles. The van der Waals surface area contributed by atoms with Gasteiger partial charge in [-0.25, -0.2) is 19.2 Å². The fourth-order valence-corrected chi connectivity index (χ4v) is 3.74. The Morgan fingerprint density at radius 2 is 0.951 bits per heavy atom. The molecule has 0 aliphatic carbocycles. The van der Waals surface area contributed by atoms with E-state index < -0.39 is 48.2 Å². The summed E-state index contributed by atoms with van der Waals surface area (Å²) in [5, 5.41) is 27.6. The van der Waals surface area contributed by atoms with Gasteiger partial charge in [0.25, 0.3) is 11.8 Å². The molecule has 0 fully saturated rings. The summed E-state index contributed by atoms with van der Waals surface area (Å²) in [7, 11) is 0. The Labute approximate surface area is 344 Å². The molecule has 2 rings (SSSR count). The van der Waals surface area contributed by atoms with E-state index in [1.807, 2.05) is 30.3 Å². The smallest absolute Gasteiger partial charge is 0.475 e. The first-order chi connectivity index (χ1) is 28.8. The van der Waals surface area contributed by atoms with Crippen LogP contribution < -0.4 is 38.1 Å². The third-order valence-electron chi connectivity index (χ3n) is 6.42. The van der Waals surface area contributed by atoms with Crippen molar-refractivity contribution in [1.82, 2.24) is 21.3 Å². The standard InChI is InChI=1S/C31H47N7O9.2C2HF3O2/c32-6-12-43-14-8-34-28(39)25-20-26(29(40)35-9-15-44-13-7-33)22-27(21-25)38-30(41)36-10-16-45-18-19-46-17-11-37-31(42)47-23-24-4-2-1-3-5-24;2*3-2(4,5)1(6)7/h1-5,20-22H,6-19,23,32-33H2,(H,34,39)(H,35,40)(H,37,42)(H2,36,38,41);2*(H,6,7). The van der Waals surface area contributed by atoms with Crippen molar-refractivity contribution in [3.8, 4) is 0 Å². The van der Waals surface area contributed by atoms with Gasteiger partial charge in [-0.15, -0.1) is 0 Å². The maximum atomic E-state index is 12.7. The van der Waals surface area contributed by atoms with E-state index in [4.69, 9.17) is 55.0 Å². The largest absolute Gasteiger partial charge is 0.490 e. The highest BCUT2D eigenvalue weighted by atomic mass is 19.4. The molecule has 344 valence electrons. The monoisotopic (exact) mass is 889 g/mol. The van der Waals surface area contributed by atoms with Gasteiger partial charge in [0, 0.05) is 56.1 Å². The zero-order chi connectivity index (χ0) is 46.1. The molecular weight excluding hydrogens is 840 g/mol. The first-order valence-corrected chi connectivity index (χ1v) is 17.8. The fraction of sp³-hybridized carbons (Fsp3) is 0.486. The van der Waals surface area contributed by atoms with Gasteiger partial charge in [0.05, 0.1) is 52.9 Å². The van der Waals surface area contributed by atoms with E-state index in [0.29, 0.717) is 32.9 Å². The van der Waals surface area contributed by atoms with Crippen molar-refractivity contribution >= 4 is 41.6 Å². The minimum atomic E-state index is -5.08. The van der Waals surface area contributed by atoms with Gasteiger partial charge in [-0.3, -0.25) is 9.59 Å². The number of carboxylic acid groups (broad SMARTS) is 2. The normalized spacial score (nSPS) is 10.8. The molecule has 5 amide bonds. The summed E-state index contributed by atoms with van der Waals surface area (Å²) in [6, 6.07) is 13.2. The molecule has 0 saturated heterocycles. The van der Waals surface area contributed by atoms with E-state index in [1.165, 1.54) is 18.2 Å². The molecule has 2 aromatic carbocycles. The number of ether oxygens (including phenoxy) is 5. The molecule has 0 saturated carbocycles.